The Morgan fingerprint density at radius 1 is 1.37 bits per heavy atom. The fourth-order valence-corrected chi connectivity index (χ4v) is 2.58. The number of nitrogens with one attached hydrogen (secondary N) is 1. The van der Waals surface area contributed by atoms with E-state index in [0.29, 0.717) is 5.75 Å². The summed E-state index contributed by atoms with van der Waals surface area (Å²) in [7, 11) is 1.44. The molecule has 5 heteroatoms. The van der Waals surface area contributed by atoms with Gasteiger partial charge in [-0.05, 0) is 50.4 Å². The summed E-state index contributed by atoms with van der Waals surface area (Å²) in [6.45, 7) is 0.314. The summed E-state index contributed by atoms with van der Waals surface area (Å²) in [5.41, 5.74) is 1.00. The molecule has 1 fully saturated rings. The predicted molar refractivity (Wildman–Crippen MR) is 69.0 cm³/mol. The lowest BCUT2D eigenvalue weighted by Gasteiger charge is -2.24. The quantitative estimate of drug-likeness (QED) is 0.893. The lowest BCUT2D eigenvalue weighted by atomic mass is 9.91. The van der Waals surface area contributed by atoms with Gasteiger partial charge in [0, 0.05) is 5.54 Å². The number of rotatable bonds is 5. The van der Waals surface area contributed by atoms with Crippen molar-refractivity contribution in [2.24, 2.45) is 0 Å². The molecule has 19 heavy (non-hydrogen) atoms. The van der Waals surface area contributed by atoms with Gasteiger partial charge < -0.3 is 14.8 Å². The van der Waals surface area contributed by atoms with Gasteiger partial charge in [0.05, 0.1) is 7.11 Å². The van der Waals surface area contributed by atoms with Crippen molar-refractivity contribution in [2.75, 3.05) is 13.7 Å². The first kappa shape index (κ1) is 14.1. The van der Waals surface area contributed by atoms with E-state index in [4.69, 9.17) is 4.74 Å². The van der Waals surface area contributed by atoms with E-state index in [2.05, 4.69) is 17.0 Å². The van der Waals surface area contributed by atoms with Gasteiger partial charge in [-0.3, -0.25) is 0 Å². The zero-order valence-electron chi connectivity index (χ0n) is 11.2. The second kappa shape index (κ2) is 5.74. The Hall–Kier alpha value is -1.36. The lowest BCUT2D eigenvalue weighted by molar-refractivity contribution is -0.0512. The zero-order valence-corrected chi connectivity index (χ0v) is 11.2. The van der Waals surface area contributed by atoms with Crippen molar-refractivity contribution in [3.8, 4) is 11.5 Å². The van der Waals surface area contributed by atoms with Crippen molar-refractivity contribution in [1.82, 2.24) is 5.32 Å². The minimum absolute atomic E-state index is 0.0384. The van der Waals surface area contributed by atoms with Gasteiger partial charge in [0.15, 0.2) is 11.5 Å². The molecule has 1 aromatic rings. The molecule has 1 atom stereocenters. The molecule has 0 radical (unpaired) electrons. The van der Waals surface area contributed by atoms with E-state index in [0.717, 1.165) is 31.4 Å². The van der Waals surface area contributed by atoms with Crippen molar-refractivity contribution in [3.63, 3.8) is 0 Å². The van der Waals surface area contributed by atoms with Crippen LogP contribution in [0.1, 0.15) is 25.3 Å². The first-order chi connectivity index (χ1) is 9.02. The molecule has 0 saturated carbocycles. The third kappa shape index (κ3) is 3.56. The Morgan fingerprint density at radius 3 is 2.74 bits per heavy atom. The first-order valence-corrected chi connectivity index (χ1v) is 6.39. The highest BCUT2D eigenvalue weighted by Crippen LogP contribution is 2.32. The summed E-state index contributed by atoms with van der Waals surface area (Å²) in [5, 5.41) is 3.45. The second-order valence-corrected chi connectivity index (χ2v) is 5.13. The average Bonchev–Trinajstić information content (AvgIpc) is 2.75. The van der Waals surface area contributed by atoms with E-state index in [-0.39, 0.29) is 11.3 Å². The molecule has 0 aliphatic carbocycles. The Morgan fingerprint density at radius 2 is 2.16 bits per heavy atom. The summed E-state index contributed by atoms with van der Waals surface area (Å²) < 4.78 is 34.2. The van der Waals surface area contributed by atoms with Gasteiger partial charge in [-0.15, -0.1) is 0 Å². The number of alkyl halides is 2. The maximum Gasteiger partial charge on any atom is 0.387 e. The van der Waals surface area contributed by atoms with E-state index >= 15 is 0 Å². The highest BCUT2D eigenvalue weighted by molar-refractivity contribution is 5.43. The topological polar surface area (TPSA) is 30.5 Å². The monoisotopic (exact) mass is 271 g/mol. The van der Waals surface area contributed by atoms with Gasteiger partial charge in [-0.2, -0.15) is 8.78 Å². The van der Waals surface area contributed by atoms with E-state index < -0.39 is 6.61 Å². The highest BCUT2D eigenvalue weighted by atomic mass is 19.3. The maximum atomic E-state index is 12.4. The highest BCUT2D eigenvalue weighted by Gasteiger charge is 2.28. The summed E-state index contributed by atoms with van der Waals surface area (Å²) >= 11 is 0. The number of methoxy groups -OCH3 is 1. The molecule has 3 nitrogen and oxygen atoms in total. The van der Waals surface area contributed by atoms with Crippen LogP contribution in [0.5, 0.6) is 11.5 Å². The number of benzene rings is 1. The molecule has 1 unspecified atom stereocenters. The van der Waals surface area contributed by atoms with Crippen LogP contribution < -0.4 is 14.8 Å². The van der Waals surface area contributed by atoms with Crippen LogP contribution in [-0.4, -0.2) is 25.8 Å². The van der Waals surface area contributed by atoms with Crippen LogP contribution in [0.25, 0.3) is 0 Å². The van der Waals surface area contributed by atoms with Crippen LogP contribution in [0.4, 0.5) is 8.78 Å². The van der Waals surface area contributed by atoms with E-state index in [1.807, 2.05) is 6.07 Å². The van der Waals surface area contributed by atoms with Crippen LogP contribution in [0.15, 0.2) is 18.2 Å². The maximum absolute atomic E-state index is 12.4. The van der Waals surface area contributed by atoms with Gasteiger partial charge >= 0.3 is 6.61 Å². The summed E-state index contributed by atoms with van der Waals surface area (Å²) in [5.74, 6) is 0.421. The van der Waals surface area contributed by atoms with Crippen molar-refractivity contribution >= 4 is 0 Å². The van der Waals surface area contributed by atoms with Gasteiger partial charge in [0.25, 0.3) is 0 Å². The Kier molecular flexibility index (Phi) is 4.24. The van der Waals surface area contributed by atoms with Crippen LogP contribution in [0, 0.1) is 0 Å². The molecule has 106 valence electrons. The Labute approximate surface area is 111 Å². The molecule has 0 aromatic heterocycles. The molecule has 0 bridgehead atoms. The number of hydrogen-bond donors (Lipinski definition) is 1. The molecule has 2 rings (SSSR count). The summed E-state index contributed by atoms with van der Waals surface area (Å²) in [6, 6.07) is 5.20. The van der Waals surface area contributed by atoms with Crippen LogP contribution in [-0.2, 0) is 6.42 Å². The largest absolute Gasteiger partial charge is 0.493 e. The van der Waals surface area contributed by atoms with Crippen molar-refractivity contribution in [3.05, 3.63) is 23.8 Å². The smallest absolute Gasteiger partial charge is 0.387 e. The molecule has 0 amide bonds. The van der Waals surface area contributed by atoms with Gasteiger partial charge in [0.1, 0.15) is 0 Å². The summed E-state index contributed by atoms with van der Waals surface area (Å²) in [6.07, 6.45) is 3.02. The van der Waals surface area contributed by atoms with Gasteiger partial charge in [0.2, 0.25) is 0 Å². The van der Waals surface area contributed by atoms with Gasteiger partial charge in [-0.25, -0.2) is 0 Å². The van der Waals surface area contributed by atoms with Crippen LogP contribution >= 0.6 is 0 Å². The average molecular weight is 271 g/mol. The molecule has 0 spiro atoms. The Balaban J connectivity index is 2.17. The minimum Gasteiger partial charge on any atom is -0.493 e. The molecule has 1 saturated heterocycles. The zero-order chi connectivity index (χ0) is 13.9. The molecule has 1 aliphatic rings. The normalized spacial score (nSPS) is 22.8. The lowest BCUT2D eigenvalue weighted by Crippen LogP contribution is -2.38. The number of hydrogen-bond acceptors (Lipinski definition) is 3. The molecule has 1 aliphatic heterocycles. The fourth-order valence-electron chi connectivity index (χ4n) is 2.58. The van der Waals surface area contributed by atoms with E-state index in [9.17, 15) is 8.78 Å². The predicted octanol–water partition coefficient (Wildman–Crippen LogP) is 2.98. The first-order valence-electron chi connectivity index (χ1n) is 6.39. The molecular formula is C14H19F2NO2. The fraction of sp³-hybridized carbons (Fsp3) is 0.571. The molecule has 1 aromatic carbocycles. The van der Waals surface area contributed by atoms with Crippen LogP contribution in [0.2, 0.25) is 0 Å². The molecular weight excluding hydrogens is 252 g/mol. The van der Waals surface area contributed by atoms with Crippen molar-refractivity contribution in [2.45, 2.75) is 38.3 Å². The van der Waals surface area contributed by atoms with Gasteiger partial charge in [-0.1, -0.05) is 6.07 Å². The summed E-state index contributed by atoms with van der Waals surface area (Å²) in [4.78, 5) is 0. The second-order valence-electron chi connectivity index (χ2n) is 5.13. The van der Waals surface area contributed by atoms with Crippen LogP contribution in [0.3, 0.4) is 0 Å². The third-order valence-electron chi connectivity index (χ3n) is 3.50. The van der Waals surface area contributed by atoms with E-state index in [1.54, 1.807) is 12.1 Å². The Bertz CT molecular complexity index is 431. The minimum atomic E-state index is -2.84. The van der Waals surface area contributed by atoms with E-state index in [1.165, 1.54) is 7.11 Å². The molecule has 1 heterocycles. The van der Waals surface area contributed by atoms with Crippen molar-refractivity contribution in [1.29, 1.82) is 0 Å². The third-order valence-corrected chi connectivity index (χ3v) is 3.50. The van der Waals surface area contributed by atoms with Crippen molar-refractivity contribution < 1.29 is 18.3 Å². The molecule has 1 N–H and O–H groups in total. The SMILES string of the molecule is COc1ccc(CC2(C)CCCN2)cc1OC(F)F. The standard InChI is InChI=1S/C14H19F2NO2/c1-14(6-3-7-17-14)9-10-4-5-11(18-2)12(8-10)19-13(15)16/h4-5,8,13,17H,3,6-7,9H2,1-2H3. The number of ether oxygens (including phenoxy) is 2. The number of halogens is 2.